The summed E-state index contributed by atoms with van der Waals surface area (Å²) in [5, 5.41) is 0. The van der Waals surface area contributed by atoms with E-state index in [-0.39, 0.29) is 37.1 Å². The number of hydrogen-bond donors (Lipinski definition) is 0. The van der Waals surface area contributed by atoms with Gasteiger partial charge in [-0.3, -0.25) is 9.78 Å². The van der Waals surface area contributed by atoms with Gasteiger partial charge in [0.1, 0.15) is 11.5 Å². The maximum atomic E-state index is 12.7. The van der Waals surface area contributed by atoms with Crippen LogP contribution in [0.15, 0.2) is 12.4 Å². The Bertz CT molecular complexity index is 521. The van der Waals surface area contributed by atoms with E-state index in [4.69, 9.17) is 4.74 Å². The summed E-state index contributed by atoms with van der Waals surface area (Å²) in [6, 6.07) is 0. The number of amides is 1. The Balaban J connectivity index is 2.18. The van der Waals surface area contributed by atoms with Gasteiger partial charge in [0.05, 0.1) is 25.5 Å². The number of carbonyl (C=O) groups excluding carboxylic acids is 1. The number of rotatable bonds is 2. The lowest BCUT2D eigenvalue weighted by atomic mass is 10.2. The van der Waals surface area contributed by atoms with Gasteiger partial charge >= 0.3 is 6.18 Å². The molecule has 1 fully saturated rings. The van der Waals surface area contributed by atoms with Crippen LogP contribution in [0.2, 0.25) is 0 Å². The highest BCUT2D eigenvalue weighted by Crippen LogP contribution is 2.27. The number of alkyl halides is 3. The maximum absolute atomic E-state index is 12.7. The van der Waals surface area contributed by atoms with Crippen LogP contribution in [0.1, 0.15) is 10.5 Å². The van der Waals surface area contributed by atoms with Crippen molar-refractivity contribution in [2.75, 3.05) is 38.7 Å². The highest BCUT2D eigenvalue weighted by molar-refractivity contribution is 5.91. The summed E-state index contributed by atoms with van der Waals surface area (Å²) in [5.41, 5.74) is 0.0903. The van der Waals surface area contributed by atoms with Gasteiger partial charge in [0, 0.05) is 20.6 Å². The summed E-state index contributed by atoms with van der Waals surface area (Å²) in [6.07, 6.45) is -3.66. The zero-order valence-corrected chi connectivity index (χ0v) is 11.6. The van der Waals surface area contributed by atoms with Crippen molar-refractivity contribution >= 4 is 11.7 Å². The van der Waals surface area contributed by atoms with E-state index in [1.807, 2.05) is 0 Å². The first-order chi connectivity index (χ1) is 9.79. The van der Waals surface area contributed by atoms with E-state index in [2.05, 4.69) is 9.97 Å². The highest BCUT2D eigenvalue weighted by atomic mass is 19.4. The van der Waals surface area contributed by atoms with Crippen molar-refractivity contribution in [1.29, 1.82) is 0 Å². The van der Waals surface area contributed by atoms with Crippen LogP contribution in [0.25, 0.3) is 0 Å². The molecule has 0 radical (unpaired) electrons. The highest BCUT2D eigenvalue weighted by Gasteiger charge is 2.43. The second kappa shape index (κ2) is 5.84. The Morgan fingerprint density at radius 2 is 2.14 bits per heavy atom. The number of carbonyl (C=O) groups is 1. The van der Waals surface area contributed by atoms with Crippen molar-refractivity contribution in [2.24, 2.45) is 0 Å². The summed E-state index contributed by atoms with van der Waals surface area (Å²) < 4.78 is 42.8. The predicted octanol–water partition coefficient (Wildman–Crippen LogP) is 0.946. The third-order valence-corrected chi connectivity index (χ3v) is 3.00. The summed E-state index contributed by atoms with van der Waals surface area (Å²) >= 11 is 0. The van der Waals surface area contributed by atoms with Crippen LogP contribution in [0.5, 0.6) is 0 Å². The summed E-state index contributed by atoms with van der Waals surface area (Å²) in [5.74, 6) is -0.120. The number of morpholine rings is 1. The van der Waals surface area contributed by atoms with Crippen LogP contribution in [0.3, 0.4) is 0 Å². The molecule has 1 aliphatic heterocycles. The molecular formula is C12H15F3N4O2. The predicted molar refractivity (Wildman–Crippen MR) is 68.1 cm³/mol. The Morgan fingerprint density at radius 3 is 2.76 bits per heavy atom. The molecule has 2 heterocycles. The van der Waals surface area contributed by atoms with E-state index in [1.54, 1.807) is 14.1 Å². The minimum Gasteiger partial charge on any atom is -0.365 e. The molecule has 0 unspecified atom stereocenters. The molecule has 116 valence electrons. The molecular weight excluding hydrogens is 289 g/mol. The molecule has 1 aromatic heterocycles. The SMILES string of the molecule is CN(C)C(=O)c1cncc(N2CCO[C@H](C(F)(F)F)C2)n1. The van der Waals surface area contributed by atoms with Crippen molar-refractivity contribution in [3.63, 3.8) is 0 Å². The van der Waals surface area contributed by atoms with E-state index in [9.17, 15) is 18.0 Å². The van der Waals surface area contributed by atoms with E-state index in [0.29, 0.717) is 0 Å². The average Bonchev–Trinajstić information content (AvgIpc) is 2.46. The maximum Gasteiger partial charge on any atom is 0.416 e. The third-order valence-electron chi connectivity index (χ3n) is 3.00. The molecule has 0 aliphatic carbocycles. The minimum absolute atomic E-state index is 0.0578. The van der Waals surface area contributed by atoms with Crippen LogP contribution in [-0.4, -0.2) is 66.8 Å². The molecule has 6 nitrogen and oxygen atoms in total. The van der Waals surface area contributed by atoms with E-state index >= 15 is 0 Å². The molecule has 0 bridgehead atoms. The normalized spacial score (nSPS) is 19.5. The fourth-order valence-electron chi connectivity index (χ4n) is 1.90. The molecule has 0 aromatic carbocycles. The standard InChI is InChI=1S/C12H15F3N4O2/c1-18(2)11(20)8-5-16-6-10(17-8)19-3-4-21-9(7-19)12(13,14)15/h5-6,9H,3-4,7H2,1-2H3/t9-/m0/s1. The topological polar surface area (TPSA) is 58.6 Å². The van der Waals surface area contributed by atoms with Crippen molar-refractivity contribution in [3.05, 3.63) is 18.1 Å². The number of halogens is 3. The Morgan fingerprint density at radius 1 is 1.43 bits per heavy atom. The van der Waals surface area contributed by atoms with E-state index < -0.39 is 12.3 Å². The number of ether oxygens (including phenoxy) is 1. The molecule has 1 aromatic rings. The number of hydrogen-bond acceptors (Lipinski definition) is 5. The van der Waals surface area contributed by atoms with Gasteiger partial charge in [0.15, 0.2) is 6.10 Å². The quantitative estimate of drug-likeness (QED) is 0.814. The molecule has 1 amide bonds. The average molecular weight is 304 g/mol. The van der Waals surface area contributed by atoms with Crippen molar-refractivity contribution in [1.82, 2.24) is 14.9 Å². The van der Waals surface area contributed by atoms with Crippen LogP contribution in [-0.2, 0) is 4.74 Å². The summed E-state index contributed by atoms with van der Waals surface area (Å²) in [7, 11) is 3.12. The first kappa shape index (κ1) is 15.5. The molecule has 0 spiro atoms. The summed E-state index contributed by atoms with van der Waals surface area (Å²) in [6.45, 7) is -0.156. The number of nitrogens with zero attached hydrogens (tertiary/aromatic N) is 4. The lowest BCUT2D eigenvalue weighted by Crippen LogP contribution is -2.49. The fraction of sp³-hybridized carbons (Fsp3) is 0.583. The van der Waals surface area contributed by atoms with Crippen molar-refractivity contribution in [2.45, 2.75) is 12.3 Å². The Hall–Kier alpha value is -1.90. The smallest absolute Gasteiger partial charge is 0.365 e. The lowest BCUT2D eigenvalue weighted by Gasteiger charge is -2.34. The second-order valence-electron chi connectivity index (χ2n) is 4.81. The monoisotopic (exact) mass is 304 g/mol. The van der Waals surface area contributed by atoms with E-state index in [0.717, 1.165) is 0 Å². The number of aromatic nitrogens is 2. The van der Waals surface area contributed by atoms with Gasteiger partial charge in [-0.25, -0.2) is 4.98 Å². The fourth-order valence-corrected chi connectivity index (χ4v) is 1.90. The van der Waals surface area contributed by atoms with E-state index in [1.165, 1.54) is 22.2 Å². The number of anilines is 1. The van der Waals surface area contributed by atoms with Crippen molar-refractivity contribution in [3.8, 4) is 0 Å². The van der Waals surface area contributed by atoms with Gasteiger partial charge in [0.25, 0.3) is 5.91 Å². The van der Waals surface area contributed by atoms with Crippen LogP contribution in [0.4, 0.5) is 19.0 Å². The van der Waals surface area contributed by atoms with Gasteiger partial charge in [-0.2, -0.15) is 13.2 Å². The molecule has 1 atom stereocenters. The Kier molecular flexibility index (Phi) is 4.31. The minimum atomic E-state index is -4.43. The third kappa shape index (κ3) is 3.60. The lowest BCUT2D eigenvalue weighted by molar-refractivity contribution is -0.221. The van der Waals surface area contributed by atoms with Gasteiger partial charge in [-0.1, -0.05) is 0 Å². The zero-order valence-electron chi connectivity index (χ0n) is 11.6. The van der Waals surface area contributed by atoms with Gasteiger partial charge in [-0.05, 0) is 0 Å². The van der Waals surface area contributed by atoms with Crippen molar-refractivity contribution < 1.29 is 22.7 Å². The molecule has 1 saturated heterocycles. The molecule has 21 heavy (non-hydrogen) atoms. The summed E-state index contributed by atoms with van der Waals surface area (Å²) in [4.78, 5) is 22.5. The van der Waals surface area contributed by atoms with Crippen LogP contribution >= 0.6 is 0 Å². The first-order valence-electron chi connectivity index (χ1n) is 6.26. The molecule has 0 saturated carbocycles. The van der Waals surface area contributed by atoms with Crippen LogP contribution < -0.4 is 4.90 Å². The van der Waals surface area contributed by atoms with Gasteiger partial charge < -0.3 is 14.5 Å². The van der Waals surface area contributed by atoms with Gasteiger partial charge in [0.2, 0.25) is 0 Å². The Labute approximate surface area is 119 Å². The van der Waals surface area contributed by atoms with Gasteiger partial charge in [-0.15, -0.1) is 0 Å². The molecule has 1 aliphatic rings. The largest absolute Gasteiger partial charge is 0.416 e. The molecule has 2 rings (SSSR count). The van der Waals surface area contributed by atoms with Crippen LogP contribution in [0, 0.1) is 0 Å². The molecule has 9 heteroatoms. The first-order valence-corrected chi connectivity index (χ1v) is 6.26. The zero-order chi connectivity index (χ0) is 15.6. The molecule has 0 N–H and O–H groups in total. The second-order valence-corrected chi connectivity index (χ2v) is 4.81.